The first-order valence-corrected chi connectivity index (χ1v) is 7.51. The number of para-hydroxylation sites is 1. The van der Waals surface area contributed by atoms with Crippen LogP contribution in [0.1, 0.15) is 18.1 Å². The molecule has 0 radical (unpaired) electrons. The summed E-state index contributed by atoms with van der Waals surface area (Å²) in [6.45, 7) is 3.20. The molecule has 0 aromatic heterocycles. The summed E-state index contributed by atoms with van der Waals surface area (Å²) in [6, 6.07) is 15.3. The van der Waals surface area contributed by atoms with Gasteiger partial charge in [-0.25, -0.2) is 0 Å². The SMILES string of the molecule is CCOc1ccccc1CCNC(=O)Cc1ccc(N)cc1. The molecule has 2 rings (SSSR count). The number of nitrogens with two attached hydrogens (primary N) is 1. The van der Waals surface area contributed by atoms with Crippen LogP contribution in [0.4, 0.5) is 5.69 Å². The Bertz CT molecular complexity index is 609. The molecule has 22 heavy (non-hydrogen) atoms. The molecule has 0 spiro atoms. The van der Waals surface area contributed by atoms with Crippen molar-refractivity contribution in [2.45, 2.75) is 19.8 Å². The van der Waals surface area contributed by atoms with Gasteiger partial charge in [0, 0.05) is 12.2 Å². The Morgan fingerprint density at radius 3 is 2.59 bits per heavy atom. The maximum Gasteiger partial charge on any atom is 0.224 e. The van der Waals surface area contributed by atoms with E-state index in [0.29, 0.717) is 25.3 Å². The second-order valence-electron chi connectivity index (χ2n) is 5.06. The van der Waals surface area contributed by atoms with E-state index in [9.17, 15) is 4.79 Å². The first-order chi connectivity index (χ1) is 10.7. The molecule has 0 saturated carbocycles. The molecule has 3 N–H and O–H groups in total. The quantitative estimate of drug-likeness (QED) is 0.772. The van der Waals surface area contributed by atoms with Gasteiger partial charge in [0.25, 0.3) is 0 Å². The molecule has 0 atom stereocenters. The fourth-order valence-electron chi connectivity index (χ4n) is 2.23. The molecular formula is C18H22N2O2. The van der Waals surface area contributed by atoms with Gasteiger partial charge in [-0.15, -0.1) is 0 Å². The van der Waals surface area contributed by atoms with Gasteiger partial charge in [0.05, 0.1) is 13.0 Å². The van der Waals surface area contributed by atoms with Crippen molar-refractivity contribution in [1.29, 1.82) is 0 Å². The van der Waals surface area contributed by atoms with Gasteiger partial charge in [-0.1, -0.05) is 30.3 Å². The summed E-state index contributed by atoms with van der Waals surface area (Å²) in [5.41, 5.74) is 8.40. The van der Waals surface area contributed by atoms with E-state index in [2.05, 4.69) is 5.32 Å². The molecule has 116 valence electrons. The largest absolute Gasteiger partial charge is 0.494 e. The van der Waals surface area contributed by atoms with E-state index in [1.807, 2.05) is 43.3 Å². The summed E-state index contributed by atoms with van der Waals surface area (Å²) in [5, 5.41) is 2.94. The third-order valence-electron chi connectivity index (χ3n) is 3.33. The molecule has 0 aliphatic rings. The fraction of sp³-hybridized carbons (Fsp3) is 0.278. The Balaban J connectivity index is 1.81. The molecule has 0 aliphatic carbocycles. The summed E-state index contributed by atoms with van der Waals surface area (Å²) >= 11 is 0. The van der Waals surface area contributed by atoms with E-state index >= 15 is 0 Å². The third-order valence-corrected chi connectivity index (χ3v) is 3.33. The van der Waals surface area contributed by atoms with Gasteiger partial charge >= 0.3 is 0 Å². The highest BCUT2D eigenvalue weighted by molar-refractivity contribution is 5.78. The van der Waals surface area contributed by atoms with Crippen LogP contribution in [0.2, 0.25) is 0 Å². The third kappa shape index (κ3) is 4.81. The highest BCUT2D eigenvalue weighted by atomic mass is 16.5. The molecule has 2 aromatic rings. The molecular weight excluding hydrogens is 276 g/mol. The van der Waals surface area contributed by atoms with Crippen LogP contribution in [0.3, 0.4) is 0 Å². The average molecular weight is 298 g/mol. The Kier molecular flexibility index (Phi) is 5.83. The number of ether oxygens (including phenoxy) is 1. The van der Waals surface area contributed by atoms with Crippen LogP contribution in [-0.2, 0) is 17.6 Å². The molecule has 0 heterocycles. The van der Waals surface area contributed by atoms with Gasteiger partial charge in [-0.3, -0.25) is 4.79 Å². The second-order valence-corrected chi connectivity index (χ2v) is 5.06. The molecule has 2 aromatic carbocycles. The lowest BCUT2D eigenvalue weighted by Gasteiger charge is -2.10. The smallest absolute Gasteiger partial charge is 0.224 e. The van der Waals surface area contributed by atoms with Crippen LogP contribution in [0.25, 0.3) is 0 Å². The summed E-state index contributed by atoms with van der Waals surface area (Å²) < 4.78 is 5.58. The molecule has 4 heteroatoms. The normalized spacial score (nSPS) is 10.2. The number of hydrogen-bond donors (Lipinski definition) is 2. The molecule has 1 amide bonds. The molecule has 0 bridgehead atoms. The first kappa shape index (κ1) is 15.9. The van der Waals surface area contributed by atoms with E-state index in [1.54, 1.807) is 12.1 Å². The van der Waals surface area contributed by atoms with E-state index < -0.39 is 0 Å². The standard InChI is InChI=1S/C18H22N2O2/c1-2-22-17-6-4-3-5-15(17)11-12-20-18(21)13-14-7-9-16(19)10-8-14/h3-10H,2,11-13,19H2,1H3,(H,20,21). The van der Waals surface area contributed by atoms with Gasteiger partial charge in [-0.2, -0.15) is 0 Å². The number of carbonyl (C=O) groups excluding carboxylic acids is 1. The van der Waals surface area contributed by atoms with Crippen molar-refractivity contribution in [3.05, 3.63) is 59.7 Å². The van der Waals surface area contributed by atoms with Crippen LogP contribution in [0, 0.1) is 0 Å². The number of nitrogens with one attached hydrogen (secondary N) is 1. The number of rotatable bonds is 7. The Morgan fingerprint density at radius 1 is 1.14 bits per heavy atom. The number of benzene rings is 2. The molecule has 4 nitrogen and oxygen atoms in total. The van der Waals surface area contributed by atoms with E-state index in [-0.39, 0.29) is 5.91 Å². The van der Waals surface area contributed by atoms with Crippen molar-refractivity contribution in [1.82, 2.24) is 5.32 Å². The maximum atomic E-state index is 11.9. The van der Waals surface area contributed by atoms with Gasteiger partial charge in [0.2, 0.25) is 5.91 Å². The van der Waals surface area contributed by atoms with Crippen LogP contribution < -0.4 is 15.8 Å². The number of hydrogen-bond acceptors (Lipinski definition) is 3. The monoisotopic (exact) mass is 298 g/mol. The van der Waals surface area contributed by atoms with E-state index in [0.717, 1.165) is 23.3 Å². The van der Waals surface area contributed by atoms with Crippen molar-refractivity contribution >= 4 is 11.6 Å². The molecule has 0 saturated heterocycles. The van der Waals surface area contributed by atoms with Crippen molar-refractivity contribution in [3.8, 4) is 5.75 Å². The van der Waals surface area contributed by atoms with Gasteiger partial charge in [0.1, 0.15) is 5.75 Å². The maximum absolute atomic E-state index is 11.9. The number of nitrogen functional groups attached to an aromatic ring is 1. The number of amides is 1. The van der Waals surface area contributed by atoms with Crippen LogP contribution in [0.15, 0.2) is 48.5 Å². The first-order valence-electron chi connectivity index (χ1n) is 7.51. The van der Waals surface area contributed by atoms with Gasteiger partial charge in [-0.05, 0) is 42.7 Å². The summed E-state index contributed by atoms with van der Waals surface area (Å²) in [7, 11) is 0. The van der Waals surface area contributed by atoms with Gasteiger partial charge in [0.15, 0.2) is 0 Å². The summed E-state index contributed by atoms with van der Waals surface area (Å²) in [6.07, 6.45) is 1.12. The fourth-order valence-corrected chi connectivity index (χ4v) is 2.23. The average Bonchev–Trinajstić information content (AvgIpc) is 2.51. The highest BCUT2D eigenvalue weighted by Crippen LogP contribution is 2.18. The van der Waals surface area contributed by atoms with E-state index in [4.69, 9.17) is 10.5 Å². The topological polar surface area (TPSA) is 64.3 Å². The number of anilines is 1. The van der Waals surface area contributed by atoms with Crippen molar-refractivity contribution in [2.75, 3.05) is 18.9 Å². The van der Waals surface area contributed by atoms with Crippen LogP contribution in [0.5, 0.6) is 5.75 Å². The predicted molar refractivity (Wildman–Crippen MR) is 88.9 cm³/mol. The van der Waals surface area contributed by atoms with Crippen molar-refractivity contribution in [3.63, 3.8) is 0 Å². The number of carbonyl (C=O) groups is 1. The Labute approximate surface area is 131 Å². The lowest BCUT2D eigenvalue weighted by Crippen LogP contribution is -2.27. The molecule has 0 aliphatic heterocycles. The minimum Gasteiger partial charge on any atom is -0.494 e. The van der Waals surface area contributed by atoms with Gasteiger partial charge < -0.3 is 15.8 Å². The predicted octanol–water partition coefficient (Wildman–Crippen LogP) is 2.57. The Hall–Kier alpha value is -2.49. The molecule has 0 unspecified atom stereocenters. The lowest BCUT2D eigenvalue weighted by atomic mass is 10.1. The summed E-state index contributed by atoms with van der Waals surface area (Å²) in [5.74, 6) is 0.899. The zero-order valence-corrected chi connectivity index (χ0v) is 12.8. The minimum atomic E-state index is 0.0127. The zero-order chi connectivity index (χ0) is 15.8. The van der Waals surface area contributed by atoms with Crippen molar-refractivity contribution in [2.24, 2.45) is 0 Å². The van der Waals surface area contributed by atoms with E-state index in [1.165, 1.54) is 0 Å². The lowest BCUT2D eigenvalue weighted by molar-refractivity contribution is -0.120. The van der Waals surface area contributed by atoms with Crippen molar-refractivity contribution < 1.29 is 9.53 Å². The van der Waals surface area contributed by atoms with Crippen LogP contribution in [-0.4, -0.2) is 19.1 Å². The highest BCUT2D eigenvalue weighted by Gasteiger charge is 2.05. The zero-order valence-electron chi connectivity index (χ0n) is 12.8. The second kappa shape index (κ2) is 8.08. The van der Waals surface area contributed by atoms with Crippen LogP contribution >= 0.6 is 0 Å². The Morgan fingerprint density at radius 2 is 1.86 bits per heavy atom. The minimum absolute atomic E-state index is 0.0127. The molecule has 0 fully saturated rings. The summed E-state index contributed by atoms with van der Waals surface area (Å²) in [4.78, 5) is 11.9.